The molecule has 6 nitrogen and oxygen atoms in total. The minimum Gasteiger partial charge on any atom is -0.322 e. The Kier molecular flexibility index (Phi) is 4.53. The van der Waals surface area contributed by atoms with Crippen molar-refractivity contribution >= 4 is 35.0 Å². The molecule has 2 aromatic rings. The molecule has 0 saturated heterocycles. The second-order valence-electron chi connectivity index (χ2n) is 5.70. The highest BCUT2D eigenvalue weighted by Crippen LogP contribution is 2.34. The molecule has 0 bridgehead atoms. The standard InChI is InChI=1S/C17H18N4O2S/c1-10-6-12-7-14(4-5-15(12)21(10)11(2)22)20-16(23)13-8-18-17(24-3)19-9-13/h4-5,7-10H,6H2,1-3H3,(H,20,23)/t10-/m0/s1. The number of aromatic nitrogens is 2. The number of benzene rings is 1. The molecule has 2 heterocycles. The van der Waals surface area contributed by atoms with Crippen molar-refractivity contribution in [3.63, 3.8) is 0 Å². The smallest absolute Gasteiger partial charge is 0.258 e. The van der Waals surface area contributed by atoms with Gasteiger partial charge in [0.25, 0.3) is 5.91 Å². The fourth-order valence-corrected chi connectivity index (χ4v) is 3.25. The lowest BCUT2D eigenvalue weighted by Crippen LogP contribution is -2.33. The summed E-state index contributed by atoms with van der Waals surface area (Å²) in [7, 11) is 0. The Morgan fingerprint density at radius 1 is 1.29 bits per heavy atom. The minimum atomic E-state index is -0.253. The van der Waals surface area contributed by atoms with E-state index in [4.69, 9.17) is 0 Å². The van der Waals surface area contributed by atoms with Crippen LogP contribution in [0.3, 0.4) is 0 Å². The maximum absolute atomic E-state index is 12.3. The van der Waals surface area contributed by atoms with E-state index in [-0.39, 0.29) is 17.9 Å². The largest absolute Gasteiger partial charge is 0.322 e. The quantitative estimate of drug-likeness (QED) is 0.686. The van der Waals surface area contributed by atoms with Crippen LogP contribution in [0.1, 0.15) is 29.8 Å². The van der Waals surface area contributed by atoms with Crippen LogP contribution in [0.25, 0.3) is 0 Å². The highest BCUT2D eigenvalue weighted by molar-refractivity contribution is 7.98. The first kappa shape index (κ1) is 16.4. The number of carbonyl (C=O) groups is 2. The SMILES string of the molecule is CSc1ncc(C(=O)Nc2ccc3c(c2)C[C@H](C)N3C(C)=O)cn1. The topological polar surface area (TPSA) is 75.2 Å². The molecule has 0 fully saturated rings. The molecule has 1 aliphatic heterocycles. The van der Waals surface area contributed by atoms with E-state index in [1.165, 1.54) is 24.2 Å². The normalized spacial score (nSPS) is 16.0. The first-order chi connectivity index (χ1) is 11.5. The van der Waals surface area contributed by atoms with Crippen LogP contribution in [-0.4, -0.2) is 34.1 Å². The van der Waals surface area contributed by atoms with Gasteiger partial charge in [-0.3, -0.25) is 9.59 Å². The monoisotopic (exact) mass is 342 g/mol. The highest BCUT2D eigenvalue weighted by Gasteiger charge is 2.28. The van der Waals surface area contributed by atoms with Crippen LogP contribution in [-0.2, 0) is 11.2 Å². The summed E-state index contributed by atoms with van der Waals surface area (Å²) in [5.41, 5.74) is 3.09. The highest BCUT2D eigenvalue weighted by atomic mass is 32.2. The molecule has 24 heavy (non-hydrogen) atoms. The number of amides is 2. The number of hydrogen-bond acceptors (Lipinski definition) is 5. The molecule has 0 saturated carbocycles. The van der Waals surface area contributed by atoms with Gasteiger partial charge >= 0.3 is 0 Å². The first-order valence-corrected chi connectivity index (χ1v) is 8.82. The molecule has 0 radical (unpaired) electrons. The summed E-state index contributed by atoms with van der Waals surface area (Å²) < 4.78 is 0. The summed E-state index contributed by atoms with van der Waals surface area (Å²) in [4.78, 5) is 34.0. The zero-order valence-corrected chi connectivity index (χ0v) is 14.6. The lowest BCUT2D eigenvalue weighted by Gasteiger charge is -2.20. The van der Waals surface area contributed by atoms with E-state index in [1.54, 1.807) is 11.8 Å². The fraction of sp³-hybridized carbons (Fsp3) is 0.294. The number of carbonyl (C=O) groups excluding carboxylic acids is 2. The van der Waals surface area contributed by atoms with Gasteiger partial charge in [-0.1, -0.05) is 11.8 Å². The summed E-state index contributed by atoms with van der Waals surface area (Å²) in [6.45, 7) is 3.59. The van der Waals surface area contributed by atoms with Crippen molar-refractivity contribution in [3.05, 3.63) is 41.7 Å². The predicted molar refractivity (Wildman–Crippen MR) is 94.5 cm³/mol. The van der Waals surface area contributed by atoms with E-state index in [0.717, 1.165) is 17.7 Å². The molecule has 0 aliphatic carbocycles. The third-order valence-corrected chi connectivity index (χ3v) is 4.54. The summed E-state index contributed by atoms with van der Waals surface area (Å²) >= 11 is 1.42. The van der Waals surface area contributed by atoms with Gasteiger partial charge in [-0.05, 0) is 43.4 Å². The molecule has 0 spiro atoms. The third-order valence-electron chi connectivity index (χ3n) is 3.97. The molecule has 1 N–H and O–H groups in total. The van der Waals surface area contributed by atoms with Crippen LogP contribution in [0.15, 0.2) is 35.7 Å². The van der Waals surface area contributed by atoms with Gasteiger partial charge in [-0.15, -0.1) is 0 Å². The Labute approximate surface area is 144 Å². The number of thioether (sulfide) groups is 1. The average Bonchev–Trinajstić information content (AvgIpc) is 2.90. The van der Waals surface area contributed by atoms with Crippen molar-refractivity contribution in [1.29, 1.82) is 0 Å². The minimum absolute atomic E-state index is 0.0315. The van der Waals surface area contributed by atoms with E-state index < -0.39 is 0 Å². The summed E-state index contributed by atoms with van der Waals surface area (Å²) in [6, 6.07) is 5.74. The molecular formula is C17H18N4O2S. The van der Waals surface area contributed by atoms with Gasteiger partial charge in [-0.2, -0.15) is 0 Å². The van der Waals surface area contributed by atoms with E-state index in [0.29, 0.717) is 16.4 Å². The van der Waals surface area contributed by atoms with Gasteiger partial charge in [0, 0.05) is 36.7 Å². The summed E-state index contributed by atoms with van der Waals surface area (Å²) in [5, 5.41) is 3.48. The Balaban J connectivity index is 1.78. The molecule has 0 unspecified atom stereocenters. The number of rotatable bonds is 3. The third kappa shape index (κ3) is 3.12. The van der Waals surface area contributed by atoms with Crippen LogP contribution in [0, 0.1) is 0 Å². The first-order valence-electron chi connectivity index (χ1n) is 7.59. The fourth-order valence-electron chi connectivity index (χ4n) is 2.93. The zero-order chi connectivity index (χ0) is 17.3. The Bertz CT molecular complexity index is 792. The molecule has 1 aromatic carbocycles. The van der Waals surface area contributed by atoms with Crippen LogP contribution < -0.4 is 10.2 Å². The molecule has 7 heteroatoms. The lowest BCUT2D eigenvalue weighted by molar-refractivity contribution is -0.116. The maximum Gasteiger partial charge on any atom is 0.258 e. The predicted octanol–water partition coefficient (Wildman–Crippen LogP) is 2.75. The van der Waals surface area contributed by atoms with Crippen LogP contribution >= 0.6 is 11.8 Å². The van der Waals surface area contributed by atoms with E-state index in [2.05, 4.69) is 15.3 Å². The van der Waals surface area contributed by atoms with E-state index >= 15 is 0 Å². The zero-order valence-electron chi connectivity index (χ0n) is 13.7. The number of nitrogens with one attached hydrogen (secondary N) is 1. The van der Waals surface area contributed by atoms with Crippen LogP contribution in [0.5, 0.6) is 0 Å². The van der Waals surface area contributed by atoms with Crippen molar-refractivity contribution in [2.45, 2.75) is 31.5 Å². The van der Waals surface area contributed by atoms with Crippen molar-refractivity contribution < 1.29 is 9.59 Å². The lowest BCUT2D eigenvalue weighted by atomic mass is 10.1. The second kappa shape index (κ2) is 6.60. The second-order valence-corrected chi connectivity index (χ2v) is 6.47. The Hall–Kier alpha value is -2.41. The van der Waals surface area contributed by atoms with Crippen molar-refractivity contribution in [2.75, 3.05) is 16.5 Å². The van der Waals surface area contributed by atoms with E-state index in [1.807, 2.05) is 31.4 Å². The van der Waals surface area contributed by atoms with Crippen molar-refractivity contribution in [2.24, 2.45) is 0 Å². The van der Waals surface area contributed by atoms with Gasteiger partial charge in [0.15, 0.2) is 5.16 Å². The molecule has 1 aromatic heterocycles. The van der Waals surface area contributed by atoms with Crippen molar-refractivity contribution in [3.8, 4) is 0 Å². The van der Waals surface area contributed by atoms with E-state index in [9.17, 15) is 9.59 Å². The molecule has 1 aliphatic rings. The van der Waals surface area contributed by atoms with Gasteiger partial charge < -0.3 is 10.2 Å². The van der Waals surface area contributed by atoms with Crippen LogP contribution in [0.4, 0.5) is 11.4 Å². The molecule has 3 rings (SSSR count). The summed E-state index contributed by atoms with van der Waals surface area (Å²) in [5.74, 6) is -0.221. The number of nitrogens with zero attached hydrogens (tertiary/aromatic N) is 3. The average molecular weight is 342 g/mol. The number of anilines is 2. The van der Waals surface area contributed by atoms with Gasteiger partial charge in [0.1, 0.15) is 0 Å². The Morgan fingerprint density at radius 2 is 2.00 bits per heavy atom. The van der Waals surface area contributed by atoms with Crippen molar-refractivity contribution in [1.82, 2.24) is 9.97 Å². The number of hydrogen-bond donors (Lipinski definition) is 1. The van der Waals surface area contributed by atoms with Gasteiger partial charge in [0.05, 0.1) is 5.56 Å². The van der Waals surface area contributed by atoms with Gasteiger partial charge in [-0.25, -0.2) is 9.97 Å². The molecule has 124 valence electrons. The molecule has 2 amide bonds. The Morgan fingerprint density at radius 3 is 2.62 bits per heavy atom. The summed E-state index contributed by atoms with van der Waals surface area (Å²) in [6.07, 6.45) is 5.69. The van der Waals surface area contributed by atoms with Gasteiger partial charge in [0.2, 0.25) is 5.91 Å². The molecular weight excluding hydrogens is 324 g/mol. The number of fused-ring (bicyclic) bond motifs is 1. The molecule has 1 atom stereocenters. The maximum atomic E-state index is 12.3. The van der Waals surface area contributed by atoms with Crippen LogP contribution in [0.2, 0.25) is 0 Å².